The first-order chi connectivity index (χ1) is 17.3. The first-order valence-corrected chi connectivity index (χ1v) is 13.3. The minimum atomic E-state index is -4.00. The van der Waals surface area contributed by atoms with E-state index < -0.39 is 15.4 Å². The summed E-state index contributed by atoms with van der Waals surface area (Å²) in [6, 6.07) is 16.8. The highest BCUT2D eigenvalue weighted by atomic mass is 32.2. The second kappa shape index (κ2) is 9.05. The predicted molar refractivity (Wildman–Crippen MR) is 136 cm³/mol. The lowest BCUT2D eigenvalue weighted by molar-refractivity contribution is -0.123. The molecule has 1 heterocycles. The first-order valence-electron chi connectivity index (χ1n) is 11.8. The lowest BCUT2D eigenvalue weighted by atomic mass is 9.80. The maximum atomic E-state index is 13.8. The van der Waals surface area contributed by atoms with Gasteiger partial charge in [0.25, 0.3) is 10.0 Å². The molecule has 1 aliphatic carbocycles. The van der Waals surface area contributed by atoms with Gasteiger partial charge in [-0.25, -0.2) is 8.42 Å². The number of nitrogens with zero attached hydrogens (tertiary/aromatic N) is 1. The average molecular weight is 509 g/mol. The van der Waals surface area contributed by atoms with Gasteiger partial charge in [0.1, 0.15) is 22.1 Å². The Bertz CT molecular complexity index is 1410. The van der Waals surface area contributed by atoms with Crippen molar-refractivity contribution in [2.75, 3.05) is 23.8 Å². The molecular formula is C27H28N2O6S. The van der Waals surface area contributed by atoms with E-state index in [1.54, 1.807) is 36.3 Å². The van der Waals surface area contributed by atoms with E-state index in [0.717, 1.165) is 18.4 Å². The number of benzene rings is 3. The fourth-order valence-corrected chi connectivity index (χ4v) is 6.59. The van der Waals surface area contributed by atoms with Crippen molar-refractivity contribution in [1.29, 1.82) is 0 Å². The third kappa shape index (κ3) is 3.93. The third-order valence-electron chi connectivity index (χ3n) is 7.10. The molecule has 0 aromatic heterocycles. The van der Waals surface area contributed by atoms with Crippen molar-refractivity contribution in [3.63, 3.8) is 0 Å². The highest BCUT2D eigenvalue weighted by Crippen LogP contribution is 2.55. The summed E-state index contributed by atoms with van der Waals surface area (Å²) in [5, 5.41) is 11.1. The molecule has 0 bridgehead atoms. The Balaban J connectivity index is 1.55. The molecule has 3 aromatic rings. The number of phenolic OH excluding ortho intramolecular Hbond substituents is 1. The number of methoxy groups -OCH3 is 2. The van der Waals surface area contributed by atoms with Gasteiger partial charge in [0.15, 0.2) is 0 Å². The van der Waals surface area contributed by atoms with Gasteiger partial charge >= 0.3 is 0 Å². The zero-order valence-electron chi connectivity index (χ0n) is 20.2. The molecule has 0 saturated heterocycles. The van der Waals surface area contributed by atoms with Crippen molar-refractivity contribution < 1.29 is 27.8 Å². The number of carbonyl (C=O) groups is 1. The van der Waals surface area contributed by atoms with Gasteiger partial charge in [-0.15, -0.1) is 0 Å². The van der Waals surface area contributed by atoms with E-state index in [2.05, 4.69) is 4.72 Å². The number of phenols is 1. The van der Waals surface area contributed by atoms with Crippen LogP contribution in [-0.2, 0) is 26.8 Å². The molecule has 3 aromatic carbocycles. The van der Waals surface area contributed by atoms with Gasteiger partial charge in [0.05, 0.1) is 37.6 Å². The van der Waals surface area contributed by atoms with Crippen LogP contribution in [0.1, 0.15) is 36.8 Å². The number of aromatic hydroxyl groups is 1. The minimum absolute atomic E-state index is 0.0136. The molecule has 2 aliphatic rings. The summed E-state index contributed by atoms with van der Waals surface area (Å²) >= 11 is 0. The Morgan fingerprint density at radius 2 is 1.69 bits per heavy atom. The number of nitrogens with one attached hydrogen (secondary N) is 1. The van der Waals surface area contributed by atoms with Crippen LogP contribution in [0.4, 0.5) is 11.4 Å². The normalized spacial score (nSPS) is 16.3. The second-order valence-electron chi connectivity index (χ2n) is 9.18. The zero-order valence-corrected chi connectivity index (χ0v) is 21.0. The van der Waals surface area contributed by atoms with Crippen LogP contribution in [0.3, 0.4) is 0 Å². The lowest BCUT2D eigenvalue weighted by Crippen LogP contribution is -2.38. The van der Waals surface area contributed by atoms with Gasteiger partial charge in [0.2, 0.25) is 5.91 Å². The number of ether oxygens (including phenoxy) is 2. The van der Waals surface area contributed by atoms with Crippen LogP contribution in [0.5, 0.6) is 17.2 Å². The van der Waals surface area contributed by atoms with E-state index in [-0.39, 0.29) is 34.5 Å². The molecule has 1 fully saturated rings. The number of hydrogen-bond acceptors (Lipinski definition) is 6. The van der Waals surface area contributed by atoms with Gasteiger partial charge in [-0.1, -0.05) is 37.1 Å². The summed E-state index contributed by atoms with van der Waals surface area (Å²) in [4.78, 5) is 15.4. The Hall–Kier alpha value is -3.72. The molecule has 1 spiro atoms. The molecule has 5 rings (SSSR count). The predicted octanol–water partition coefficient (Wildman–Crippen LogP) is 4.57. The third-order valence-corrected chi connectivity index (χ3v) is 8.52. The van der Waals surface area contributed by atoms with Crippen molar-refractivity contribution >= 4 is 27.3 Å². The summed E-state index contributed by atoms with van der Waals surface area (Å²) in [7, 11) is -1.00. The summed E-state index contributed by atoms with van der Waals surface area (Å²) < 4.78 is 39.3. The number of para-hydroxylation sites is 1. The number of carbonyl (C=O) groups excluding carboxylic acids is 1. The number of amides is 1. The van der Waals surface area contributed by atoms with E-state index in [4.69, 9.17) is 9.47 Å². The van der Waals surface area contributed by atoms with Crippen LogP contribution in [0.25, 0.3) is 0 Å². The molecule has 188 valence electrons. The zero-order chi connectivity index (χ0) is 25.5. The lowest BCUT2D eigenvalue weighted by Gasteiger charge is -2.23. The number of sulfonamides is 1. The van der Waals surface area contributed by atoms with Crippen LogP contribution >= 0.6 is 0 Å². The Morgan fingerprint density at radius 3 is 2.36 bits per heavy atom. The molecule has 1 saturated carbocycles. The topological polar surface area (TPSA) is 105 Å². The summed E-state index contributed by atoms with van der Waals surface area (Å²) in [5.41, 5.74) is 1.42. The molecule has 8 nitrogen and oxygen atoms in total. The first kappa shape index (κ1) is 24.0. The fourth-order valence-electron chi connectivity index (χ4n) is 5.38. The van der Waals surface area contributed by atoms with Crippen molar-refractivity contribution in [3.05, 3.63) is 71.8 Å². The maximum Gasteiger partial charge on any atom is 0.265 e. The molecular weight excluding hydrogens is 480 g/mol. The molecule has 0 radical (unpaired) electrons. The maximum absolute atomic E-state index is 13.8. The number of rotatable bonds is 7. The van der Waals surface area contributed by atoms with Crippen LogP contribution in [0.2, 0.25) is 0 Å². The number of hydrogen-bond donors (Lipinski definition) is 2. The van der Waals surface area contributed by atoms with Crippen LogP contribution < -0.4 is 19.1 Å². The Labute approximate surface area is 210 Å². The van der Waals surface area contributed by atoms with Crippen LogP contribution in [0, 0.1) is 0 Å². The molecule has 9 heteroatoms. The minimum Gasteiger partial charge on any atom is -0.506 e. The van der Waals surface area contributed by atoms with E-state index in [1.165, 1.54) is 19.2 Å². The van der Waals surface area contributed by atoms with Crippen molar-refractivity contribution in [2.24, 2.45) is 0 Å². The molecule has 2 N–H and O–H groups in total. The quantitative estimate of drug-likeness (QED) is 0.485. The van der Waals surface area contributed by atoms with Gasteiger partial charge in [0, 0.05) is 6.07 Å². The van der Waals surface area contributed by atoms with Gasteiger partial charge in [-0.05, 0) is 54.3 Å². The molecule has 1 aliphatic heterocycles. The van der Waals surface area contributed by atoms with Crippen LogP contribution in [-0.4, -0.2) is 33.7 Å². The largest absolute Gasteiger partial charge is 0.506 e. The molecule has 1 amide bonds. The monoisotopic (exact) mass is 508 g/mol. The highest BCUT2D eigenvalue weighted by Gasteiger charge is 2.53. The fraction of sp³-hybridized carbons (Fsp3) is 0.296. The second-order valence-corrected chi connectivity index (χ2v) is 10.8. The Morgan fingerprint density at radius 1 is 1.00 bits per heavy atom. The van der Waals surface area contributed by atoms with Gasteiger partial charge in [-0.3, -0.25) is 9.52 Å². The smallest absolute Gasteiger partial charge is 0.265 e. The van der Waals surface area contributed by atoms with Crippen molar-refractivity contribution in [3.8, 4) is 17.2 Å². The highest BCUT2D eigenvalue weighted by molar-refractivity contribution is 7.92. The number of fused-ring (bicyclic) bond motifs is 2. The van der Waals surface area contributed by atoms with Gasteiger partial charge in [-0.2, -0.15) is 0 Å². The Kier molecular flexibility index (Phi) is 6.04. The van der Waals surface area contributed by atoms with Crippen molar-refractivity contribution in [1.82, 2.24) is 0 Å². The molecule has 36 heavy (non-hydrogen) atoms. The molecule has 0 atom stereocenters. The van der Waals surface area contributed by atoms with E-state index >= 15 is 0 Å². The SMILES string of the molecule is COc1ccc(CN2C(=O)C3(CCCC3)c3cc(NS(=O)(=O)c4ccccc4OC)cc(O)c32)cc1. The van der Waals surface area contributed by atoms with Gasteiger partial charge < -0.3 is 19.5 Å². The van der Waals surface area contributed by atoms with Crippen molar-refractivity contribution in [2.45, 2.75) is 42.5 Å². The summed E-state index contributed by atoms with van der Waals surface area (Å²) in [5.74, 6) is 0.721. The number of anilines is 2. The average Bonchev–Trinajstić information content (AvgIpc) is 3.45. The summed E-state index contributed by atoms with van der Waals surface area (Å²) in [6.45, 7) is 0.289. The van der Waals surface area contributed by atoms with E-state index in [0.29, 0.717) is 29.8 Å². The summed E-state index contributed by atoms with van der Waals surface area (Å²) in [6.07, 6.45) is 3.08. The molecule has 0 unspecified atom stereocenters. The van der Waals surface area contributed by atoms with E-state index in [1.807, 2.05) is 24.3 Å². The van der Waals surface area contributed by atoms with E-state index in [9.17, 15) is 18.3 Å². The van der Waals surface area contributed by atoms with Crippen LogP contribution in [0.15, 0.2) is 65.6 Å². The standard InChI is InChI=1S/C27H28N2O6S/c1-34-20-11-9-18(10-12-20)17-29-25-21(27(26(29)31)13-5-6-14-27)15-19(16-22(25)30)28-36(32,33)24-8-4-3-7-23(24)35-2/h3-4,7-12,15-16,28,30H,5-6,13-14,17H2,1-2H3.